The molecule has 0 aromatic heterocycles. The summed E-state index contributed by atoms with van der Waals surface area (Å²) in [6.45, 7) is 1.37. The first-order valence-electron chi connectivity index (χ1n) is 9.00. The average Bonchev–Trinajstić information content (AvgIpc) is 2.68. The molecule has 25 heavy (non-hydrogen) atoms. The van der Waals surface area contributed by atoms with Gasteiger partial charge in [-0.2, -0.15) is 0 Å². The molecule has 0 saturated heterocycles. The molecule has 2 aromatic carbocycles. The molecule has 0 bridgehead atoms. The Morgan fingerprint density at radius 3 is 2.44 bits per heavy atom. The topological polar surface area (TPSA) is 47.6 Å². The van der Waals surface area contributed by atoms with Crippen molar-refractivity contribution in [2.45, 2.75) is 44.4 Å². The summed E-state index contributed by atoms with van der Waals surface area (Å²) in [6.07, 6.45) is 3.29. The van der Waals surface area contributed by atoms with Gasteiger partial charge in [0.2, 0.25) is 0 Å². The van der Waals surface area contributed by atoms with E-state index in [0.29, 0.717) is 18.4 Å². The predicted octanol–water partition coefficient (Wildman–Crippen LogP) is 3.80. The van der Waals surface area contributed by atoms with Gasteiger partial charge in [0.25, 0.3) is 0 Å². The van der Waals surface area contributed by atoms with Gasteiger partial charge < -0.3 is 14.8 Å². The highest BCUT2D eigenvalue weighted by Gasteiger charge is 2.22. The van der Waals surface area contributed by atoms with Crippen LogP contribution in [0.4, 0.5) is 0 Å². The van der Waals surface area contributed by atoms with Crippen molar-refractivity contribution in [3.63, 3.8) is 0 Å². The van der Waals surface area contributed by atoms with Gasteiger partial charge in [0.1, 0.15) is 12.4 Å². The number of Topliss-reactive ketones (excluding diaryl/α,β-unsaturated/α-hetero) is 1. The van der Waals surface area contributed by atoms with E-state index >= 15 is 0 Å². The van der Waals surface area contributed by atoms with E-state index in [4.69, 9.17) is 9.47 Å². The molecule has 2 aromatic rings. The van der Waals surface area contributed by atoms with Gasteiger partial charge in [0.15, 0.2) is 17.6 Å². The number of ether oxygens (including phenoxy) is 2. The van der Waals surface area contributed by atoms with Crippen molar-refractivity contribution in [3.05, 3.63) is 59.7 Å². The van der Waals surface area contributed by atoms with Gasteiger partial charge in [0.05, 0.1) is 0 Å². The predicted molar refractivity (Wildman–Crippen MR) is 95.9 cm³/mol. The van der Waals surface area contributed by atoms with Crippen molar-refractivity contribution in [2.24, 2.45) is 0 Å². The number of hydrogen-bond donors (Lipinski definition) is 1. The van der Waals surface area contributed by atoms with E-state index < -0.39 is 0 Å². The lowest BCUT2D eigenvalue weighted by Gasteiger charge is -2.27. The second-order valence-electron chi connectivity index (χ2n) is 6.80. The van der Waals surface area contributed by atoms with Gasteiger partial charge in [-0.3, -0.25) is 4.79 Å². The molecular formula is C21H23NO3. The van der Waals surface area contributed by atoms with Crippen LogP contribution in [0.25, 0.3) is 0 Å². The third-order valence-corrected chi connectivity index (χ3v) is 5.00. The summed E-state index contributed by atoms with van der Waals surface area (Å²) in [6, 6.07) is 16.7. The monoisotopic (exact) mass is 337 g/mol. The summed E-state index contributed by atoms with van der Waals surface area (Å²) in [5, 5.41) is 3.56. The average molecular weight is 337 g/mol. The Morgan fingerprint density at radius 2 is 1.68 bits per heavy atom. The third-order valence-electron chi connectivity index (χ3n) is 5.00. The standard InChI is InChI=1S/C21H23NO3/c23-18-11-9-17(10-12-18)22-13-15-5-7-16(8-6-15)21-14-24-19-3-1-2-4-20(19)25-21/h1-8,17,21-22H,9-14H2. The molecule has 1 aliphatic heterocycles. The van der Waals surface area contributed by atoms with Crippen LogP contribution in [-0.2, 0) is 11.3 Å². The number of fused-ring (bicyclic) bond motifs is 1. The fourth-order valence-corrected chi connectivity index (χ4v) is 3.44. The molecule has 1 atom stereocenters. The van der Waals surface area contributed by atoms with Crippen molar-refractivity contribution in [1.82, 2.24) is 5.32 Å². The summed E-state index contributed by atoms with van der Waals surface area (Å²) >= 11 is 0. The Hall–Kier alpha value is -2.33. The van der Waals surface area contributed by atoms with Crippen LogP contribution in [0.15, 0.2) is 48.5 Å². The second kappa shape index (κ2) is 7.28. The number of hydrogen-bond acceptors (Lipinski definition) is 4. The number of nitrogens with one attached hydrogen (secondary N) is 1. The summed E-state index contributed by atoms with van der Waals surface area (Å²) in [7, 11) is 0. The van der Waals surface area contributed by atoms with Crippen LogP contribution in [0.2, 0.25) is 0 Å². The minimum atomic E-state index is -0.0683. The van der Waals surface area contributed by atoms with Crippen LogP contribution < -0.4 is 14.8 Å². The van der Waals surface area contributed by atoms with E-state index in [-0.39, 0.29) is 6.10 Å². The zero-order valence-corrected chi connectivity index (χ0v) is 14.2. The van der Waals surface area contributed by atoms with Crippen LogP contribution in [0.5, 0.6) is 11.5 Å². The van der Waals surface area contributed by atoms with Crippen molar-refractivity contribution < 1.29 is 14.3 Å². The number of ketones is 1. The molecule has 1 fully saturated rings. The molecular weight excluding hydrogens is 314 g/mol. The Kier molecular flexibility index (Phi) is 4.70. The first-order chi connectivity index (χ1) is 12.3. The van der Waals surface area contributed by atoms with E-state index in [2.05, 4.69) is 29.6 Å². The maximum atomic E-state index is 11.3. The van der Waals surface area contributed by atoms with E-state index in [1.54, 1.807) is 0 Å². The lowest BCUT2D eigenvalue weighted by molar-refractivity contribution is -0.120. The molecule has 1 saturated carbocycles. The van der Waals surface area contributed by atoms with Gasteiger partial charge in [0, 0.05) is 25.4 Å². The number of benzene rings is 2. The lowest BCUT2D eigenvalue weighted by Crippen LogP contribution is -2.32. The van der Waals surface area contributed by atoms with Crippen molar-refractivity contribution in [2.75, 3.05) is 6.61 Å². The molecule has 1 heterocycles. The molecule has 0 spiro atoms. The Bertz CT molecular complexity index is 731. The Balaban J connectivity index is 1.34. The first kappa shape index (κ1) is 16.2. The zero-order valence-electron chi connectivity index (χ0n) is 14.2. The Labute approximate surface area is 148 Å². The minimum Gasteiger partial charge on any atom is -0.485 e. The molecule has 4 nitrogen and oxygen atoms in total. The SMILES string of the molecule is O=C1CCC(NCc2ccc(C3COc4ccccc4O3)cc2)CC1. The van der Waals surface area contributed by atoms with Crippen LogP contribution in [-0.4, -0.2) is 18.4 Å². The summed E-state index contributed by atoms with van der Waals surface area (Å²) in [5.41, 5.74) is 2.37. The number of carbonyl (C=O) groups excluding carboxylic acids is 1. The smallest absolute Gasteiger partial charge is 0.162 e. The van der Waals surface area contributed by atoms with Crippen LogP contribution in [0.1, 0.15) is 42.9 Å². The first-order valence-corrected chi connectivity index (χ1v) is 9.00. The summed E-state index contributed by atoms with van der Waals surface area (Å²) in [4.78, 5) is 11.3. The van der Waals surface area contributed by atoms with E-state index in [1.165, 1.54) is 5.56 Å². The van der Waals surface area contributed by atoms with E-state index in [9.17, 15) is 4.79 Å². The molecule has 0 radical (unpaired) electrons. The molecule has 1 unspecified atom stereocenters. The molecule has 4 rings (SSSR count). The zero-order chi connectivity index (χ0) is 17.1. The number of carbonyl (C=O) groups is 1. The molecule has 1 N–H and O–H groups in total. The largest absolute Gasteiger partial charge is 0.485 e. The maximum absolute atomic E-state index is 11.3. The molecule has 1 aliphatic carbocycles. The molecule has 130 valence electrons. The maximum Gasteiger partial charge on any atom is 0.162 e. The number of para-hydroxylation sites is 2. The van der Waals surface area contributed by atoms with Crippen LogP contribution in [0, 0.1) is 0 Å². The van der Waals surface area contributed by atoms with Crippen LogP contribution in [0.3, 0.4) is 0 Å². The van der Waals surface area contributed by atoms with Crippen molar-refractivity contribution in [3.8, 4) is 11.5 Å². The van der Waals surface area contributed by atoms with Crippen LogP contribution >= 0.6 is 0 Å². The summed E-state index contributed by atoms with van der Waals surface area (Å²) < 4.78 is 11.8. The normalized spacial score (nSPS) is 20.5. The fraction of sp³-hybridized carbons (Fsp3) is 0.381. The molecule has 4 heteroatoms. The quantitative estimate of drug-likeness (QED) is 0.922. The number of rotatable bonds is 4. The van der Waals surface area contributed by atoms with E-state index in [1.807, 2.05) is 24.3 Å². The highest BCUT2D eigenvalue weighted by atomic mass is 16.6. The van der Waals surface area contributed by atoms with Gasteiger partial charge in [-0.05, 0) is 36.1 Å². The van der Waals surface area contributed by atoms with Gasteiger partial charge in [-0.25, -0.2) is 0 Å². The third kappa shape index (κ3) is 3.85. The fourth-order valence-electron chi connectivity index (χ4n) is 3.44. The van der Waals surface area contributed by atoms with Gasteiger partial charge in [-0.15, -0.1) is 0 Å². The van der Waals surface area contributed by atoms with Gasteiger partial charge >= 0.3 is 0 Å². The van der Waals surface area contributed by atoms with Gasteiger partial charge in [-0.1, -0.05) is 36.4 Å². The van der Waals surface area contributed by atoms with E-state index in [0.717, 1.165) is 49.3 Å². The summed E-state index contributed by atoms with van der Waals surface area (Å²) in [5.74, 6) is 2.01. The van der Waals surface area contributed by atoms with Crippen molar-refractivity contribution in [1.29, 1.82) is 0 Å². The molecule has 0 amide bonds. The molecule has 2 aliphatic rings. The second-order valence-corrected chi connectivity index (χ2v) is 6.80. The highest BCUT2D eigenvalue weighted by molar-refractivity contribution is 5.79. The minimum absolute atomic E-state index is 0.0683. The Morgan fingerprint density at radius 1 is 0.960 bits per heavy atom. The van der Waals surface area contributed by atoms with Crippen molar-refractivity contribution >= 4 is 5.78 Å². The lowest BCUT2D eigenvalue weighted by atomic mass is 9.94. The highest BCUT2D eigenvalue weighted by Crippen LogP contribution is 2.35.